The highest BCUT2D eigenvalue weighted by Gasteiger charge is 2.23. The molecule has 0 aromatic carbocycles. The van der Waals surface area contributed by atoms with E-state index in [0.29, 0.717) is 6.42 Å². The third-order valence-corrected chi connectivity index (χ3v) is 4.59. The number of rotatable bonds is 4. The molecule has 1 heterocycles. The largest absolute Gasteiger partial charge is 0.477 e. The summed E-state index contributed by atoms with van der Waals surface area (Å²) in [6.07, 6.45) is 7.55. The maximum Gasteiger partial charge on any atom is 0.352 e. The third-order valence-electron chi connectivity index (χ3n) is 3.10. The van der Waals surface area contributed by atoms with Crippen LogP contribution in [0, 0.1) is 0 Å². The number of carboxylic acids is 1. The zero-order chi connectivity index (χ0) is 14.0. The lowest BCUT2D eigenvalue weighted by molar-refractivity contribution is 0.0686. The van der Waals surface area contributed by atoms with Crippen LogP contribution in [0.25, 0.3) is 0 Å². The first-order valence-electron chi connectivity index (χ1n) is 5.97. The zero-order valence-electron chi connectivity index (χ0n) is 10.5. The highest BCUT2D eigenvalue weighted by Crippen LogP contribution is 2.17. The van der Waals surface area contributed by atoms with Crippen LogP contribution in [0.1, 0.15) is 29.8 Å². The Morgan fingerprint density at radius 2 is 2.21 bits per heavy atom. The van der Waals surface area contributed by atoms with Gasteiger partial charge < -0.3 is 9.67 Å². The number of sulfonamides is 1. The minimum Gasteiger partial charge on any atom is -0.477 e. The van der Waals surface area contributed by atoms with Crippen LogP contribution in [0.5, 0.6) is 0 Å². The number of nitrogens with zero attached hydrogens (tertiary/aromatic N) is 1. The van der Waals surface area contributed by atoms with E-state index in [2.05, 4.69) is 4.72 Å². The van der Waals surface area contributed by atoms with Gasteiger partial charge in [0.15, 0.2) is 0 Å². The summed E-state index contributed by atoms with van der Waals surface area (Å²) in [4.78, 5) is 10.9. The topological polar surface area (TPSA) is 88.4 Å². The number of hydrogen-bond acceptors (Lipinski definition) is 3. The van der Waals surface area contributed by atoms with Crippen LogP contribution >= 0.6 is 0 Å². The van der Waals surface area contributed by atoms with Gasteiger partial charge in [-0.1, -0.05) is 12.2 Å². The fraction of sp³-hybridized carbons (Fsp3) is 0.417. The molecule has 0 spiro atoms. The Morgan fingerprint density at radius 1 is 1.47 bits per heavy atom. The van der Waals surface area contributed by atoms with E-state index in [1.165, 1.54) is 23.9 Å². The van der Waals surface area contributed by atoms with E-state index < -0.39 is 16.0 Å². The summed E-state index contributed by atoms with van der Waals surface area (Å²) >= 11 is 0. The maximum absolute atomic E-state index is 12.1. The van der Waals surface area contributed by atoms with Gasteiger partial charge in [-0.2, -0.15) is 0 Å². The summed E-state index contributed by atoms with van der Waals surface area (Å²) in [7, 11) is -2.16. The SMILES string of the molecule is Cn1cc(S(=O)(=O)NC2CC=CCC2)cc1C(=O)O. The molecule has 7 heteroatoms. The van der Waals surface area contributed by atoms with E-state index in [-0.39, 0.29) is 16.6 Å². The fourth-order valence-corrected chi connectivity index (χ4v) is 3.43. The Kier molecular flexibility index (Phi) is 3.77. The van der Waals surface area contributed by atoms with Crippen molar-refractivity contribution in [3.05, 3.63) is 30.1 Å². The van der Waals surface area contributed by atoms with Crippen LogP contribution in [-0.4, -0.2) is 30.1 Å². The Balaban J connectivity index is 2.22. The number of aryl methyl sites for hydroxylation is 1. The third kappa shape index (κ3) is 3.05. The molecule has 1 atom stereocenters. The van der Waals surface area contributed by atoms with Crippen LogP contribution in [0.4, 0.5) is 0 Å². The lowest BCUT2D eigenvalue weighted by atomic mass is 10.0. The molecule has 1 unspecified atom stereocenters. The molecule has 0 bridgehead atoms. The van der Waals surface area contributed by atoms with Gasteiger partial charge in [-0.3, -0.25) is 0 Å². The number of nitrogens with one attached hydrogen (secondary N) is 1. The second-order valence-electron chi connectivity index (χ2n) is 4.58. The van der Waals surface area contributed by atoms with Crippen molar-refractivity contribution in [1.82, 2.24) is 9.29 Å². The van der Waals surface area contributed by atoms with Gasteiger partial charge in [0.1, 0.15) is 10.6 Å². The molecule has 0 aliphatic heterocycles. The Bertz CT molecular complexity index is 616. The molecule has 0 saturated heterocycles. The van der Waals surface area contributed by atoms with Gasteiger partial charge in [0, 0.05) is 19.3 Å². The maximum atomic E-state index is 12.1. The lowest BCUT2D eigenvalue weighted by Crippen LogP contribution is -2.35. The molecule has 0 saturated carbocycles. The first-order chi connectivity index (χ1) is 8.90. The summed E-state index contributed by atoms with van der Waals surface area (Å²) in [6.45, 7) is 0. The quantitative estimate of drug-likeness (QED) is 0.811. The Hall–Kier alpha value is -1.60. The molecule has 0 amide bonds. The minimum absolute atomic E-state index is 0.0121. The Labute approximate surface area is 111 Å². The Morgan fingerprint density at radius 3 is 2.74 bits per heavy atom. The predicted octanol–water partition coefficient (Wildman–Crippen LogP) is 1.11. The zero-order valence-corrected chi connectivity index (χ0v) is 11.4. The number of carbonyl (C=O) groups is 1. The molecule has 0 fully saturated rings. The van der Waals surface area contributed by atoms with Crippen molar-refractivity contribution in [2.75, 3.05) is 0 Å². The highest BCUT2D eigenvalue weighted by molar-refractivity contribution is 7.89. The molecule has 2 N–H and O–H groups in total. The van der Waals surface area contributed by atoms with Gasteiger partial charge in [-0.15, -0.1) is 0 Å². The van der Waals surface area contributed by atoms with Gasteiger partial charge in [0.2, 0.25) is 10.0 Å². The van der Waals surface area contributed by atoms with E-state index in [4.69, 9.17) is 5.11 Å². The average Bonchev–Trinajstić information content (AvgIpc) is 2.73. The van der Waals surface area contributed by atoms with Crippen LogP contribution in [-0.2, 0) is 17.1 Å². The second-order valence-corrected chi connectivity index (χ2v) is 6.29. The molecule has 19 heavy (non-hydrogen) atoms. The van der Waals surface area contributed by atoms with Gasteiger partial charge in [-0.25, -0.2) is 17.9 Å². The summed E-state index contributed by atoms with van der Waals surface area (Å²) in [5, 5.41) is 8.92. The van der Waals surface area contributed by atoms with Gasteiger partial charge in [-0.05, 0) is 25.3 Å². The molecule has 1 aliphatic rings. The molecule has 1 aliphatic carbocycles. The first kappa shape index (κ1) is 13.8. The smallest absolute Gasteiger partial charge is 0.352 e. The summed E-state index contributed by atoms with van der Waals surface area (Å²) in [5.74, 6) is -1.15. The molecule has 0 radical (unpaired) electrons. The van der Waals surface area contributed by atoms with E-state index in [1.54, 1.807) is 0 Å². The monoisotopic (exact) mass is 284 g/mol. The van der Waals surface area contributed by atoms with Crippen molar-refractivity contribution in [1.29, 1.82) is 0 Å². The van der Waals surface area contributed by atoms with Crippen molar-refractivity contribution in [2.45, 2.75) is 30.2 Å². The summed E-state index contributed by atoms with van der Waals surface area (Å²) in [6, 6.07) is 1.05. The molecule has 104 valence electrons. The molecule has 6 nitrogen and oxygen atoms in total. The van der Waals surface area contributed by atoms with Gasteiger partial charge in [0.05, 0.1) is 0 Å². The van der Waals surface area contributed by atoms with Crippen molar-refractivity contribution in [3.63, 3.8) is 0 Å². The molecular formula is C12H16N2O4S. The van der Waals surface area contributed by atoms with Gasteiger partial charge >= 0.3 is 5.97 Å². The summed E-state index contributed by atoms with van der Waals surface area (Å²) in [5.41, 5.74) is -0.0519. The second kappa shape index (κ2) is 5.18. The fourth-order valence-electron chi connectivity index (χ4n) is 2.08. The first-order valence-corrected chi connectivity index (χ1v) is 7.45. The normalized spacial score (nSPS) is 19.5. The minimum atomic E-state index is -3.66. The van der Waals surface area contributed by atoms with Crippen LogP contribution < -0.4 is 4.72 Å². The van der Waals surface area contributed by atoms with Crippen molar-refractivity contribution in [2.24, 2.45) is 7.05 Å². The highest BCUT2D eigenvalue weighted by atomic mass is 32.2. The van der Waals surface area contributed by atoms with Crippen LogP contribution in [0.3, 0.4) is 0 Å². The number of hydrogen-bond donors (Lipinski definition) is 2. The van der Waals surface area contributed by atoms with E-state index in [0.717, 1.165) is 12.8 Å². The average molecular weight is 284 g/mol. The van der Waals surface area contributed by atoms with E-state index >= 15 is 0 Å². The number of aromatic carboxylic acids is 1. The van der Waals surface area contributed by atoms with E-state index in [9.17, 15) is 13.2 Å². The molecule has 1 aromatic rings. The molecular weight excluding hydrogens is 268 g/mol. The standard InChI is InChI=1S/C12H16N2O4S/c1-14-8-10(7-11(14)12(15)16)19(17,18)13-9-5-3-2-4-6-9/h2-3,7-9,13H,4-6H2,1H3,(H,15,16). The number of allylic oxidation sites excluding steroid dienone is 1. The van der Waals surface area contributed by atoms with Gasteiger partial charge in [0.25, 0.3) is 0 Å². The predicted molar refractivity (Wildman–Crippen MR) is 69.5 cm³/mol. The van der Waals surface area contributed by atoms with Crippen molar-refractivity contribution < 1.29 is 18.3 Å². The van der Waals surface area contributed by atoms with Crippen LogP contribution in [0.2, 0.25) is 0 Å². The number of aromatic nitrogens is 1. The molecule has 2 rings (SSSR count). The summed E-state index contributed by atoms with van der Waals surface area (Å²) < 4.78 is 28.2. The lowest BCUT2D eigenvalue weighted by Gasteiger charge is -2.18. The molecule has 1 aromatic heterocycles. The van der Waals surface area contributed by atoms with Crippen molar-refractivity contribution >= 4 is 16.0 Å². The van der Waals surface area contributed by atoms with E-state index in [1.807, 2.05) is 12.2 Å². The van der Waals surface area contributed by atoms with Crippen LogP contribution in [0.15, 0.2) is 29.3 Å². The van der Waals surface area contributed by atoms with Crippen molar-refractivity contribution in [3.8, 4) is 0 Å². The number of carboxylic acid groups (broad SMARTS) is 1.